The molecule has 1 amide bonds. The van der Waals surface area contributed by atoms with E-state index >= 15 is 0 Å². The van der Waals surface area contributed by atoms with E-state index in [4.69, 9.17) is 4.42 Å². The van der Waals surface area contributed by atoms with Crippen molar-refractivity contribution in [2.24, 2.45) is 0 Å². The Morgan fingerprint density at radius 1 is 0.968 bits per heavy atom. The molecule has 0 spiro atoms. The molecule has 1 saturated heterocycles. The van der Waals surface area contributed by atoms with Gasteiger partial charge < -0.3 is 9.52 Å². The van der Waals surface area contributed by atoms with E-state index < -0.39 is 17.7 Å². The Kier molecular flexibility index (Phi) is 5.05. The predicted molar refractivity (Wildman–Crippen MR) is 120 cm³/mol. The van der Waals surface area contributed by atoms with Crippen molar-refractivity contribution in [3.05, 3.63) is 95.0 Å². The molecular weight excluding hydrogens is 390 g/mol. The number of rotatable bonds is 3. The predicted octanol–water partition coefficient (Wildman–Crippen LogP) is 5.51. The molecule has 1 aromatic heterocycles. The number of aliphatic hydroxyl groups excluding tert-OH is 1. The van der Waals surface area contributed by atoms with Gasteiger partial charge in [0.05, 0.1) is 11.8 Å². The summed E-state index contributed by atoms with van der Waals surface area (Å²) in [6.07, 6.45) is 1.49. The van der Waals surface area contributed by atoms with Crippen LogP contribution >= 0.6 is 0 Å². The fourth-order valence-electron chi connectivity index (χ4n) is 3.80. The summed E-state index contributed by atoms with van der Waals surface area (Å²) >= 11 is 0. The van der Waals surface area contributed by atoms with Gasteiger partial charge in [-0.25, -0.2) is 0 Å². The van der Waals surface area contributed by atoms with Crippen molar-refractivity contribution in [1.29, 1.82) is 0 Å². The Balaban J connectivity index is 1.86. The number of benzene rings is 2. The number of furan rings is 1. The third-order valence-electron chi connectivity index (χ3n) is 5.59. The first-order valence-electron chi connectivity index (χ1n) is 10.2. The SMILES string of the molecule is Cc1ccc(/C(O)=C2/C(=O)C(=O)N(c3ccc(C(C)(C)C)cc3)C2c2ccco2)cc1. The molecule has 0 bridgehead atoms. The number of aliphatic hydroxyl groups is 1. The van der Waals surface area contributed by atoms with Crippen LogP contribution in [0.5, 0.6) is 0 Å². The van der Waals surface area contributed by atoms with Crippen LogP contribution < -0.4 is 4.90 Å². The molecule has 5 heteroatoms. The van der Waals surface area contributed by atoms with Crippen LogP contribution in [0.1, 0.15) is 49.3 Å². The van der Waals surface area contributed by atoms with E-state index in [-0.39, 0.29) is 16.7 Å². The maximum absolute atomic E-state index is 13.1. The van der Waals surface area contributed by atoms with Gasteiger partial charge in [0.25, 0.3) is 11.7 Å². The standard InChI is InChI=1S/C26H25NO4/c1-16-7-9-17(10-8-16)23(28)21-22(20-6-5-15-31-20)27(25(30)24(21)29)19-13-11-18(12-14-19)26(2,3)4/h5-15,22,28H,1-4H3/b23-21-. The Bertz CT molecular complexity index is 1150. The highest BCUT2D eigenvalue weighted by Gasteiger charge is 2.48. The lowest BCUT2D eigenvalue weighted by atomic mass is 9.87. The smallest absolute Gasteiger partial charge is 0.300 e. The minimum atomic E-state index is -0.850. The molecule has 1 unspecified atom stereocenters. The molecular formula is C26H25NO4. The lowest BCUT2D eigenvalue weighted by Crippen LogP contribution is -2.29. The molecule has 1 N–H and O–H groups in total. The summed E-state index contributed by atoms with van der Waals surface area (Å²) in [5.74, 6) is -1.24. The lowest BCUT2D eigenvalue weighted by Gasteiger charge is -2.25. The number of hydrogen-bond donors (Lipinski definition) is 1. The van der Waals surface area contributed by atoms with Crippen molar-refractivity contribution in [3.8, 4) is 0 Å². The summed E-state index contributed by atoms with van der Waals surface area (Å²) in [6, 6.07) is 17.3. The van der Waals surface area contributed by atoms with E-state index in [0.29, 0.717) is 17.0 Å². The van der Waals surface area contributed by atoms with Gasteiger partial charge in [0.15, 0.2) is 0 Å². The molecule has 0 aliphatic carbocycles. The number of aryl methyl sites for hydroxylation is 1. The van der Waals surface area contributed by atoms with E-state index in [1.165, 1.54) is 11.2 Å². The Morgan fingerprint density at radius 2 is 1.61 bits per heavy atom. The highest BCUT2D eigenvalue weighted by Crippen LogP contribution is 2.42. The molecule has 158 valence electrons. The summed E-state index contributed by atoms with van der Waals surface area (Å²) in [4.78, 5) is 27.5. The number of carbonyl (C=O) groups is 2. The number of hydrogen-bond acceptors (Lipinski definition) is 4. The monoisotopic (exact) mass is 415 g/mol. The molecule has 1 aliphatic heterocycles. The van der Waals surface area contributed by atoms with Gasteiger partial charge in [0, 0.05) is 11.3 Å². The van der Waals surface area contributed by atoms with Gasteiger partial charge in [0.1, 0.15) is 17.6 Å². The van der Waals surface area contributed by atoms with E-state index in [1.807, 2.05) is 43.3 Å². The average molecular weight is 415 g/mol. The zero-order valence-electron chi connectivity index (χ0n) is 18.0. The summed E-state index contributed by atoms with van der Waals surface area (Å²) in [7, 11) is 0. The van der Waals surface area contributed by atoms with Crippen LogP contribution in [0.25, 0.3) is 5.76 Å². The Morgan fingerprint density at radius 3 is 2.16 bits per heavy atom. The number of nitrogens with zero attached hydrogens (tertiary/aromatic N) is 1. The average Bonchev–Trinajstić information content (AvgIpc) is 3.35. The second-order valence-corrected chi connectivity index (χ2v) is 8.85. The van der Waals surface area contributed by atoms with Gasteiger partial charge in [0.2, 0.25) is 0 Å². The highest BCUT2D eigenvalue weighted by atomic mass is 16.3. The molecule has 1 fully saturated rings. The molecule has 2 aromatic carbocycles. The quantitative estimate of drug-likeness (QED) is 0.348. The third-order valence-corrected chi connectivity index (χ3v) is 5.59. The second kappa shape index (κ2) is 7.58. The van der Waals surface area contributed by atoms with Crippen LogP contribution in [0.3, 0.4) is 0 Å². The third kappa shape index (κ3) is 3.67. The van der Waals surface area contributed by atoms with Crippen molar-refractivity contribution < 1.29 is 19.1 Å². The maximum atomic E-state index is 13.1. The summed E-state index contributed by atoms with van der Waals surface area (Å²) in [5.41, 5.74) is 3.16. The first kappa shape index (κ1) is 20.7. The van der Waals surface area contributed by atoms with Crippen LogP contribution in [-0.4, -0.2) is 16.8 Å². The van der Waals surface area contributed by atoms with Crippen LogP contribution in [0.4, 0.5) is 5.69 Å². The number of carbonyl (C=O) groups excluding carboxylic acids is 2. The van der Waals surface area contributed by atoms with Crippen molar-refractivity contribution >= 4 is 23.1 Å². The largest absolute Gasteiger partial charge is 0.507 e. The van der Waals surface area contributed by atoms with Crippen molar-refractivity contribution in [1.82, 2.24) is 0 Å². The fourth-order valence-corrected chi connectivity index (χ4v) is 3.80. The molecule has 4 rings (SSSR count). The molecule has 1 atom stereocenters. The van der Waals surface area contributed by atoms with Crippen LogP contribution in [0.15, 0.2) is 76.9 Å². The van der Waals surface area contributed by atoms with Gasteiger partial charge in [-0.05, 0) is 42.2 Å². The lowest BCUT2D eigenvalue weighted by molar-refractivity contribution is -0.132. The molecule has 2 heterocycles. The molecule has 5 nitrogen and oxygen atoms in total. The summed E-state index contributed by atoms with van der Waals surface area (Å²) < 4.78 is 5.59. The zero-order chi connectivity index (χ0) is 22.3. The van der Waals surface area contributed by atoms with Crippen LogP contribution in [0, 0.1) is 6.92 Å². The zero-order valence-corrected chi connectivity index (χ0v) is 18.0. The highest BCUT2D eigenvalue weighted by molar-refractivity contribution is 6.51. The minimum Gasteiger partial charge on any atom is -0.507 e. The van der Waals surface area contributed by atoms with E-state index in [2.05, 4.69) is 20.8 Å². The Labute approximate surface area is 181 Å². The topological polar surface area (TPSA) is 70.8 Å². The molecule has 0 radical (unpaired) electrons. The summed E-state index contributed by atoms with van der Waals surface area (Å²) in [6.45, 7) is 8.27. The number of amides is 1. The first-order chi connectivity index (χ1) is 14.7. The molecule has 0 saturated carbocycles. The van der Waals surface area contributed by atoms with Gasteiger partial charge in [-0.1, -0.05) is 62.7 Å². The molecule has 1 aliphatic rings. The van der Waals surface area contributed by atoms with Gasteiger partial charge in [-0.15, -0.1) is 0 Å². The van der Waals surface area contributed by atoms with Crippen LogP contribution in [0.2, 0.25) is 0 Å². The number of ketones is 1. The normalized spacial score (nSPS) is 18.6. The molecule has 3 aromatic rings. The molecule has 31 heavy (non-hydrogen) atoms. The Hall–Kier alpha value is -3.60. The fraction of sp³-hybridized carbons (Fsp3) is 0.231. The second-order valence-electron chi connectivity index (χ2n) is 8.85. The maximum Gasteiger partial charge on any atom is 0.300 e. The van der Waals surface area contributed by atoms with E-state index in [1.54, 1.807) is 24.3 Å². The van der Waals surface area contributed by atoms with Crippen molar-refractivity contribution in [2.75, 3.05) is 4.90 Å². The first-order valence-corrected chi connectivity index (χ1v) is 10.2. The van der Waals surface area contributed by atoms with E-state index in [9.17, 15) is 14.7 Å². The summed E-state index contributed by atoms with van der Waals surface area (Å²) in [5, 5.41) is 11.0. The van der Waals surface area contributed by atoms with Gasteiger partial charge in [-0.2, -0.15) is 0 Å². The van der Waals surface area contributed by atoms with E-state index in [0.717, 1.165) is 11.1 Å². The van der Waals surface area contributed by atoms with Crippen molar-refractivity contribution in [3.63, 3.8) is 0 Å². The van der Waals surface area contributed by atoms with Gasteiger partial charge in [-0.3, -0.25) is 14.5 Å². The minimum absolute atomic E-state index is 0.0173. The van der Waals surface area contributed by atoms with Gasteiger partial charge >= 0.3 is 0 Å². The number of anilines is 1. The number of Topliss-reactive ketones (excluding diaryl/α,β-unsaturated/α-hetero) is 1. The van der Waals surface area contributed by atoms with Crippen molar-refractivity contribution in [2.45, 2.75) is 39.2 Å². The van der Waals surface area contributed by atoms with Crippen LogP contribution in [-0.2, 0) is 15.0 Å².